The molecule has 2 heterocycles. The molecule has 1 aromatic heterocycles. The van der Waals surface area contributed by atoms with E-state index in [1.807, 2.05) is 18.5 Å². The van der Waals surface area contributed by atoms with E-state index in [4.69, 9.17) is 0 Å². The van der Waals surface area contributed by atoms with Gasteiger partial charge in [-0.2, -0.15) is 5.10 Å². The zero-order chi connectivity index (χ0) is 14.5. The lowest BCUT2D eigenvalue weighted by Gasteiger charge is -2.14. The lowest BCUT2D eigenvalue weighted by molar-refractivity contribution is 0.0955. The average Bonchev–Trinajstić information content (AvgIpc) is 2.73. The number of hydrogen-bond donors (Lipinski definition) is 2. The van der Waals surface area contributed by atoms with Gasteiger partial charge in [-0.1, -0.05) is 18.6 Å². The van der Waals surface area contributed by atoms with Crippen molar-refractivity contribution in [3.63, 3.8) is 0 Å². The highest BCUT2D eigenvalue weighted by Crippen LogP contribution is 2.13. The second-order valence-corrected chi connectivity index (χ2v) is 5.27. The molecule has 0 saturated heterocycles. The van der Waals surface area contributed by atoms with Gasteiger partial charge in [0.25, 0.3) is 5.91 Å². The zero-order valence-electron chi connectivity index (χ0n) is 13.0. The van der Waals surface area contributed by atoms with Crippen LogP contribution in [0, 0.1) is 13.8 Å². The highest BCUT2D eigenvalue weighted by Gasteiger charge is 2.18. The molecule has 0 spiro atoms. The number of rotatable bonds is 5. The van der Waals surface area contributed by atoms with Crippen molar-refractivity contribution in [1.82, 2.24) is 20.4 Å². The minimum atomic E-state index is -0.0122. The summed E-state index contributed by atoms with van der Waals surface area (Å²) in [5, 5.41) is 10.7. The third-order valence-electron chi connectivity index (χ3n) is 3.68. The van der Waals surface area contributed by atoms with Gasteiger partial charge in [-0.05, 0) is 33.2 Å². The third kappa shape index (κ3) is 4.32. The van der Waals surface area contributed by atoms with Gasteiger partial charge in [0.2, 0.25) is 0 Å². The van der Waals surface area contributed by atoms with Crippen molar-refractivity contribution in [3.05, 3.63) is 28.6 Å². The van der Waals surface area contributed by atoms with Crippen molar-refractivity contribution in [2.45, 2.75) is 40.2 Å². The molecule has 6 heteroatoms. The van der Waals surface area contributed by atoms with Crippen LogP contribution >= 0.6 is 12.4 Å². The monoisotopic (exact) mass is 312 g/mol. The molecule has 0 bridgehead atoms. The molecule has 0 saturated carbocycles. The molecule has 1 aromatic rings. The summed E-state index contributed by atoms with van der Waals surface area (Å²) in [6.07, 6.45) is 4.18. The van der Waals surface area contributed by atoms with Crippen molar-refractivity contribution >= 4 is 18.3 Å². The van der Waals surface area contributed by atoms with Gasteiger partial charge in [-0.25, -0.2) is 0 Å². The van der Waals surface area contributed by atoms with E-state index in [1.165, 1.54) is 5.57 Å². The van der Waals surface area contributed by atoms with Crippen LogP contribution in [0.15, 0.2) is 11.6 Å². The number of carbonyl (C=O) groups excluding carboxylic acids is 1. The summed E-state index contributed by atoms with van der Waals surface area (Å²) >= 11 is 0. The molecule has 1 amide bonds. The fourth-order valence-corrected chi connectivity index (χ4v) is 2.57. The van der Waals surface area contributed by atoms with Gasteiger partial charge >= 0.3 is 0 Å². The first-order valence-corrected chi connectivity index (χ1v) is 7.34. The Kier molecular flexibility index (Phi) is 6.92. The molecule has 0 radical (unpaired) electrons. The molecule has 1 aliphatic heterocycles. The zero-order valence-corrected chi connectivity index (χ0v) is 13.8. The van der Waals surface area contributed by atoms with Crippen LogP contribution in [-0.2, 0) is 6.54 Å². The minimum Gasteiger partial charge on any atom is -0.348 e. The first-order valence-electron chi connectivity index (χ1n) is 7.34. The van der Waals surface area contributed by atoms with E-state index >= 15 is 0 Å². The molecule has 21 heavy (non-hydrogen) atoms. The molecular formula is C15H25ClN4O. The fourth-order valence-electron chi connectivity index (χ4n) is 2.57. The van der Waals surface area contributed by atoms with Crippen molar-refractivity contribution in [3.8, 4) is 0 Å². The normalized spacial score (nSPS) is 14.3. The van der Waals surface area contributed by atoms with E-state index < -0.39 is 0 Å². The van der Waals surface area contributed by atoms with Crippen LogP contribution in [0.4, 0.5) is 0 Å². The number of nitrogens with zero attached hydrogens (tertiary/aromatic N) is 2. The van der Waals surface area contributed by atoms with Crippen molar-refractivity contribution in [2.24, 2.45) is 0 Å². The topological polar surface area (TPSA) is 59.0 Å². The maximum atomic E-state index is 12.3. The van der Waals surface area contributed by atoms with Gasteiger partial charge < -0.3 is 10.6 Å². The maximum absolute atomic E-state index is 12.3. The van der Waals surface area contributed by atoms with Crippen LogP contribution in [-0.4, -0.2) is 35.3 Å². The van der Waals surface area contributed by atoms with Crippen LogP contribution in [0.2, 0.25) is 0 Å². The standard InChI is InChI=1S/C15H24N4O.ClH/c1-4-9-19-12(3)14(11(2)18-19)15(20)17-10-13-5-7-16-8-6-13;/h5,16H,4,6-10H2,1-3H3,(H,17,20);1H. The van der Waals surface area contributed by atoms with Crippen LogP contribution in [0.3, 0.4) is 0 Å². The largest absolute Gasteiger partial charge is 0.348 e. The Morgan fingerprint density at radius 1 is 1.48 bits per heavy atom. The van der Waals surface area contributed by atoms with Gasteiger partial charge in [-0.3, -0.25) is 9.48 Å². The van der Waals surface area contributed by atoms with E-state index in [-0.39, 0.29) is 18.3 Å². The van der Waals surface area contributed by atoms with Gasteiger partial charge in [0.1, 0.15) is 0 Å². The predicted molar refractivity (Wildman–Crippen MR) is 87.1 cm³/mol. The number of amides is 1. The molecule has 0 atom stereocenters. The molecule has 2 N–H and O–H groups in total. The Labute approximate surface area is 132 Å². The Bertz CT molecular complexity index is 522. The van der Waals surface area contributed by atoms with Crippen molar-refractivity contribution in [2.75, 3.05) is 19.6 Å². The average molecular weight is 313 g/mol. The molecule has 5 nitrogen and oxygen atoms in total. The quantitative estimate of drug-likeness (QED) is 0.817. The van der Waals surface area contributed by atoms with E-state index in [0.717, 1.165) is 49.4 Å². The molecule has 2 rings (SSSR count). The fraction of sp³-hybridized carbons (Fsp3) is 0.600. The molecule has 118 valence electrons. The molecular weight excluding hydrogens is 288 g/mol. The summed E-state index contributed by atoms with van der Waals surface area (Å²) in [6, 6.07) is 0. The minimum absolute atomic E-state index is 0. The van der Waals surface area contributed by atoms with Gasteiger partial charge in [0, 0.05) is 25.3 Å². The second-order valence-electron chi connectivity index (χ2n) is 5.27. The van der Waals surface area contributed by atoms with Crippen LogP contribution in [0.1, 0.15) is 41.5 Å². The van der Waals surface area contributed by atoms with Gasteiger partial charge in [-0.15, -0.1) is 12.4 Å². The number of nitrogens with one attached hydrogen (secondary N) is 2. The first kappa shape index (κ1) is 17.7. The smallest absolute Gasteiger partial charge is 0.255 e. The van der Waals surface area contributed by atoms with Gasteiger partial charge in [0.15, 0.2) is 0 Å². The SMILES string of the molecule is CCCn1nc(C)c(C(=O)NCC2=CCNCC2)c1C.Cl. The highest BCUT2D eigenvalue weighted by atomic mass is 35.5. The van der Waals surface area contributed by atoms with E-state index in [2.05, 4.69) is 28.7 Å². The summed E-state index contributed by atoms with van der Waals surface area (Å²) < 4.78 is 1.92. The molecule has 1 aliphatic rings. The summed E-state index contributed by atoms with van der Waals surface area (Å²) in [4.78, 5) is 12.3. The third-order valence-corrected chi connectivity index (χ3v) is 3.68. The lowest BCUT2D eigenvalue weighted by Crippen LogP contribution is -2.30. The van der Waals surface area contributed by atoms with Crippen LogP contribution < -0.4 is 10.6 Å². The van der Waals surface area contributed by atoms with Crippen molar-refractivity contribution in [1.29, 1.82) is 0 Å². The molecule has 0 aliphatic carbocycles. The summed E-state index contributed by atoms with van der Waals surface area (Å²) in [5.41, 5.74) is 3.80. The number of halogens is 1. The summed E-state index contributed by atoms with van der Waals surface area (Å²) in [7, 11) is 0. The van der Waals surface area contributed by atoms with Crippen molar-refractivity contribution < 1.29 is 4.79 Å². The first-order chi connectivity index (χ1) is 9.63. The highest BCUT2D eigenvalue weighted by molar-refractivity contribution is 5.96. The Balaban J connectivity index is 0.00000220. The van der Waals surface area contributed by atoms with Crippen LogP contribution in [0.25, 0.3) is 0 Å². The molecule has 0 unspecified atom stereocenters. The maximum Gasteiger partial charge on any atom is 0.255 e. The van der Waals surface area contributed by atoms with Gasteiger partial charge in [0.05, 0.1) is 11.3 Å². The summed E-state index contributed by atoms with van der Waals surface area (Å²) in [5.74, 6) is -0.0122. The number of hydrogen-bond acceptors (Lipinski definition) is 3. The second kappa shape index (κ2) is 8.20. The Hall–Kier alpha value is -1.33. The Morgan fingerprint density at radius 2 is 2.24 bits per heavy atom. The number of carbonyl (C=O) groups is 1. The van der Waals surface area contributed by atoms with Crippen LogP contribution in [0.5, 0.6) is 0 Å². The molecule has 0 aromatic carbocycles. The van der Waals surface area contributed by atoms with E-state index in [9.17, 15) is 4.79 Å². The number of aryl methyl sites for hydroxylation is 2. The lowest BCUT2D eigenvalue weighted by atomic mass is 10.1. The van der Waals surface area contributed by atoms with E-state index in [0.29, 0.717) is 6.54 Å². The predicted octanol–water partition coefficient (Wildman–Crippen LogP) is 1.98. The summed E-state index contributed by atoms with van der Waals surface area (Å²) in [6.45, 7) is 9.37. The van der Waals surface area contributed by atoms with E-state index in [1.54, 1.807) is 0 Å². The Morgan fingerprint density at radius 3 is 2.86 bits per heavy atom. The molecule has 0 fully saturated rings. The number of aromatic nitrogens is 2.